The van der Waals surface area contributed by atoms with Crippen molar-refractivity contribution >= 4 is 17.2 Å². The van der Waals surface area contributed by atoms with Crippen molar-refractivity contribution in [1.82, 2.24) is 10.3 Å². The molecule has 2 heterocycles. The van der Waals surface area contributed by atoms with Gasteiger partial charge in [0.15, 0.2) is 0 Å². The van der Waals surface area contributed by atoms with Crippen LogP contribution in [0.1, 0.15) is 15.2 Å². The van der Waals surface area contributed by atoms with Crippen LogP contribution in [0.2, 0.25) is 0 Å². The van der Waals surface area contributed by atoms with E-state index in [9.17, 15) is 9.59 Å². The molecule has 0 aromatic carbocycles. The van der Waals surface area contributed by atoms with E-state index in [-0.39, 0.29) is 11.5 Å². The monoisotopic (exact) mass is 234 g/mol. The lowest BCUT2D eigenvalue weighted by Crippen LogP contribution is -2.23. The smallest absolute Gasteiger partial charge is 0.253 e. The minimum absolute atomic E-state index is 0.190. The summed E-state index contributed by atoms with van der Waals surface area (Å²) in [6, 6.07) is 6.73. The van der Waals surface area contributed by atoms with Crippen molar-refractivity contribution < 1.29 is 4.79 Å². The van der Waals surface area contributed by atoms with Gasteiger partial charge in [0.1, 0.15) is 0 Å². The number of aromatic nitrogens is 1. The number of hydrogen-bond acceptors (Lipinski definition) is 3. The van der Waals surface area contributed by atoms with E-state index in [0.29, 0.717) is 12.1 Å². The van der Waals surface area contributed by atoms with E-state index in [2.05, 4.69) is 10.3 Å². The van der Waals surface area contributed by atoms with Crippen LogP contribution in [0.5, 0.6) is 0 Å². The lowest BCUT2D eigenvalue weighted by molar-refractivity contribution is 0.0951. The average Bonchev–Trinajstić information content (AvgIpc) is 2.80. The maximum absolute atomic E-state index is 11.6. The number of carbonyl (C=O) groups excluding carboxylic acids is 1. The Morgan fingerprint density at radius 3 is 2.88 bits per heavy atom. The van der Waals surface area contributed by atoms with Crippen molar-refractivity contribution in [3.8, 4) is 0 Å². The topological polar surface area (TPSA) is 62.0 Å². The minimum Gasteiger partial charge on any atom is -0.347 e. The van der Waals surface area contributed by atoms with Gasteiger partial charge in [-0.15, -0.1) is 11.3 Å². The van der Waals surface area contributed by atoms with E-state index < -0.39 is 0 Å². The first-order chi connectivity index (χ1) is 7.75. The zero-order valence-corrected chi connectivity index (χ0v) is 9.21. The molecule has 0 aliphatic heterocycles. The Morgan fingerprint density at radius 1 is 1.38 bits per heavy atom. The lowest BCUT2D eigenvalue weighted by Gasteiger charge is -2.02. The summed E-state index contributed by atoms with van der Waals surface area (Å²) < 4.78 is 0. The third-order valence-corrected chi connectivity index (χ3v) is 2.93. The number of carbonyl (C=O) groups is 1. The standard InChI is InChI=1S/C11H10N2O2S/c14-10-4-3-8(6-12-10)11(15)13-7-9-2-1-5-16-9/h1-6H,7H2,(H,12,14)(H,13,15). The molecular formula is C11H10N2O2S. The summed E-state index contributed by atoms with van der Waals surface area (Å²) in [6.45, 7) is 0.510. The zero-order valence-electron chi connectivity index (χ0n) is 8.40. The van der Waals surface area contributed by atoms with Gasteiger partial charge < -0.3 is 10.3 Å². The highest BCUT2D eigenvalue weighted by Crippen LogP contribution is 2.07. The van der Waals surface area contributed by atoms with Crippen LogP contribution in [0.15, 0.2) is 40.6 Å². The molecule has 16 heavy (non-hydrogen) atoms. The Balaban J connectivity index is 1.98. The maximum Gasteiger partial charge on any atom is 0.253 e. The molecular weight excluding hydrogens is 224 g/mol. The van der Waals surface area contributed by atoms with Crippen LogP contribution in [0.4, 0.5) is 0 Å². The summed E-state index contributed by atoms with van der Waals surface area (Å²) in [6.07, 6.45) is 1.41. The molecule has 0 radical (unpaired) electrons. The van der Waals surface area contributed by atoms with E-state index in [1.807, 2.05) is 17.5 Å². The molecule has 0 saturated heterocycles. The molecule has 0 atom stereocenters. The molecule has 0 aliphatic rings. The number of thiophene rings is 1. The Kier molecular flexibility index (Phi) is 3.16. The van der Waals surface area contributed by atoms with Gasteiger partial charge in [-0.25, -0.2) is 0 Å². The van der Waals surface area contributed by atoms with Gasteiger partial charge in [0.05, 0.1) is 12.1 Å². The van der Waals surface area contributed by atoms with Crippen LogP contribution in [0.3, 0.4) is 0 Å². The van der Waals surface area contributed by atoms with Crippen molar-refractivity contribution in [2.75, 3.05) is 0 Å². The molecule has 2 rings (SSSR count). The highest BCUT2D eigenvalue weighted by Gasteiger charge is 2.04. The maximum atomic E-state index is 11.6. The van der Waals surface area contributed by atoms with E-state index >= 15 is 0 Å². The lowest BCUT2D eigenvalue weighted by atomic mass is 10.2. The summed E-state index contributed by atoms with van der Waals surface area (Å²) in [4.78, 5) is 26.0. The molecule has 0 saturated carbocycles. The van der Waals surface area contributed by atoms with E-state index in [1.165, 1.54) is 18.3 Å². The quantitative estimate of drug-likeness (QED) is 0.842. The number of pyridine rings is 1. The van der Waals surface area contributed by atoms with E-state index in [1.54, 1.807) is 11.3 Å². The zero-order chi connectivity index (χ0) is 11.4. The van der Waals surface area contributed by atoms with Crippen LogP contribution in [-0.2, 0) is 6.54 Å². The second-order valence-electron chi connectivity index (χ2n) is 3.20. The molecule has 82 valence electrons. The van der Waals surface area contributed by atoms with Crippen molar-refractivity contribution in [2.24, 2.45) is 0 Å². The first-order valence-corrected chi connectivity index (χ1v) is 5.63. The van der Waals surface area contributed by atoms with Crippen LogP contribution in [0.25, 0.3) is 0 Å². The molecule has 2 aromatic heterocycles. The van der Waals surface area contributed by atoms with Crippen LogP contribution >= 0.6 is 11.3 Å². The Morgan fingerprint density at radius 2 is 2.25 bits per heavy atom. The van der Waals surface area contributed by atoms with Gasteiger partial charge in [0, 0.05) is 17.1 Å². The van der Waals surface area contributed by atoms with Crippen molar-refractivity contribution in [1.29, 1.82) is 0 Å². The summed E-state index contributed by atoms with van der Waals surface area (Å²) in [5, 5.41) is 4.73. The largest absolute Gasteiger partial charge is 0.347 e. The molecule has 0 fully saturated rings. The predicted octanol–water partition coefficient (Wildman–Crippen LogP) is 1.37. The van der Waals surface area contributed by atoms with Crippen molar-refractivity contribution in [3.63, 3.8) is 0 Å². The fourth-order valence-electron chi connectivity index (χ4n) is 1.23. The Labute approximate surface area is 96.0 Å². The van der Waals surface area contributed by atoms with Crippen LogP contribution in [-0.4, -0.2) is 10.9 Å². The number of hydrogen-bond donors (Lipinski definition) is 2. The van der Waals surface area contributed by atoms with Crippen LogP contribution < -0.4 is 10.9 Å². The second-order valence-corrected chi connectivity index (χ2v) is 4.24. The molecule has 2 aromatic rings. The van der Waals surface area contributed by atoms with Gasteiger partial charge in [-0.05, 0) is 17.5 Å². The molecule has 2 N–H and O–H groups in total. The molecule has 0 unspecified atom stereocenters. The number of H-pyrrole nitrogens is 1. The fourth-order valence-corrected chi connectivity index (χ4v) is 1.88. The number of nitrogens with one attached hydrogen (secondary N) is 2. The molecule has 0 aliphatic carbocycles. The first-order valence-electron chi connectivity index (χ1n) is 4.75. The normalized spacial score (nSPS) is 10.0. The summed E-state index contributed by atoms with van der Waals surface area (Å²) in [5.41, 5.74) is 0.242. The van der Waals surface area contributed by atoms with Crippen molar-refractivity contribution in [2.45, 2.75) is 6.54 Å². The third kappa shape index (κ3) is 2.58. The Bertz CT molecular complexity index is 511. The molecule has 0 spiro atoms. The molecule has 4 nitrogen and oxygen atoms in total. The van der Waals surface area contributed by atoms with Gasteiger partial charge in [-0.3, -0.25) is 9.59 Å². The van der Waals surface area contributed by atoms with Gasteiger partial charge in [0.25, 0.3) is 5.91 Å². The highest BCUT2D eigenvalue weighted by molar-refractivity contribution is 7.09. The summed E-state index contributed by atoms with van der Waals surface area (Å²) >= 11 is 1.59. The van der Waals surface area contributed by atoms with Gasteiger partial charge >= 0.3 is 0 Å². The average molecular weight is 234 g/mol. The molecule has 5 heteroatoms. The van der Waals surface area contributed by atoms with Crippen molar-refractivity contribution in [3.05, 3.63) is 56.6 Å². The highest BCUT2D eigenvalue weighted by atomic mass is 32.1. The van der Waals surface area contributed by atoms with Gasteiger partial charge in [-0.2, -0.15) is 0 Å². The first kappa shape index (κ1) is 10.6. The molecule has 1 amide bonds. The van der Waals surface area contributed by atoms with Gasteiger partial charge in [-0.1, -0.05) is 6.07 Å². The van der Waals surface area contributed by atoms with E-state index in [0.717, 1.165) is 4.88 Å². The summed E-state index contributed by atoms with van der Waals surface area (Å²) in [7, 11) is 0. The van der Waals surface area contributed by atoms with Gasteiger partial charge in [0.2, 0.25) is 5.56 Å². The van der Waals surface area contributed by atoms with E-state index in [4.69, 9.17) is 0 Å². The third-order valence-electron chi connectivity index (χ3n) is 2.05. The Hall–Kier alpha value is -1.88. The fraction of sp³-hybridized carbons (Fsp3) is 0.0909. The second kappa shape index (κ2) is 4.76. The number of aromatic amines is 1. The number of rotatable bonds is 3. The SMILES string of the molecule is O=C(NCc1cccs1)c1ccc(=O)[nH]c1. The summed E-state index contributed by atoms with van der Waals surface area (Å²) in [5.74, 6) is -0.190. The number of amides is 1. The minimum atomic E-state index is -0.213. The molecule has 0 bridgehead atoms. The predicted molar refractivity (Wildman–Crippen MR) is 62.6 cm³/mol. The van der Waals surface area contributed by atoms with Crippen LogP contribution in [0, 0.1) is 0 Å².